The van der Waals surface area contributed by atoms with Crippen LogP contribution < -0.4 is 0 Å². The van der Waals surface area contributed by atoms with E-state index in [1.807, 2.05) is 0 Å². The molecule has 4 amide bonds. The van der Waals surface area contributed by atoms with E-state index in [0.717, 1.165) is 48.7 Å². The molecule has 3 fully saturated rings. The molecule has 0 spiro atoms. The van der Waals surface area contributed by atoms with Gasteiger partial charge in [0.2, 0.25) is 0 Å². The van der Waals surface area contributed by atoms with Crippen molar-refractivity contribution in [1.29, 1.82) is 0 Å². The van der Waals surface area contributed by atoms with Crippen LogP contribution in [0.4, 0.5) is 0 Å². The minimum atomic E-state index is -2.08. The van der Waals surface area contributed by atoms with Gasteiger partial charge >= 0.3 is 35.8 Å². The lowest BCUT2D eigenvalue weighted by Crippen LogP contribution is -2.70. The molecule has 7 rings (SSSR count). The number of amides is 4. The number of benzene rings is 2. The Morgan fingerprint density at radius 3 is 1.19 bits per heavy atom. The Kier molecular flexibility index (Phi) is 16.7. The van der Waals surface area contributed by atoms with Crippen molar-refractivity contribution in [1.82, 2.24) is 9.80 Å². The maximum Gasteiger partial charge on any atom is 0.303 e. The number of aliphatic hydroxyl groups is 2. The minimum absolute atomic E-state index is 0.0482. The SMILES string of the molecule is CO[C@@H]1O[C@H](CO[C@@H]2O[C@H](COC(C)=O)[C@@H](OC(C)=O)[C@H](OC(C)=O)C2N2C(=O)c3ccccc3C2=O)[C@H](O)[C@H](O)[C@H]1O[C@@H]1O[C@H](COC(C)=O)[C@@H](OC(C)=O)[C@H](OC(C)=O)C1N1C(=O)c2ccccc2C1=O. The highest BCUT2D eigenvalue weighted by Crippen LogP contribution is 2.39. The largest absolute Gasteiger partial charge is 0.463 e. The Morgan fingerprint density at radius 1 is 0.466 bits per heavy atom. The summed E-state index contributed by atoms with van der Waals surface area (Å²) in [6.07, 6.45) is -23.1. The molecule has 2 N–H and O–H groups in total. The van der Waals surface area contributed by atoms with E-state index in [2.05, 4.69) is 0 Å². The van der Waals surface area contributed by atoms with Crippen LogP contribution in [0.15, 0.2) is 48.5 Å². The summed E-state index contributed by atoms with van der Waals surface area (Å²) in [4.78, 5) is 132. The number of nitrogens with zero attached hydrogens (tertiary/aromatic N) is 2. The molecule has 2 aromatic rings. The zero-order valence-corrected chi connectivity index (χ0v) is 40.2. The van der Waals surface area contributed by atoms with Gasteiger partial charge in [-0.1, -0.05) is 24.3 Å². The van der Waals surface area contributed by atoms with Gasteiger partial charge in [-0.3, -0.25) is 57.7 Å². The third-order valence-corrected chi connectivity index (χ3v) is 12.2. The number of carbonyl (C=O) groups is 10. The first-order chi connectivity index (χ1) is 34.6. The molecular weight excluding hydrogens is 977 g/mol. The van der Waals surface area contributed by atoms with Gasteiger partial charge in [-0.2, -0.15) is 0 Å². The number of aliphatic hydroxyl groups excluding tert-OH is 2. The second-order valence-electron chi connectivity index (χ2n) is 17.2. The fourth-order valence-electron chi connectivity index (χ4n) is 9.24. The van der Waals surface area contributed by atoms with Gasteiger partial charge in [0.25, 0.3) is 23.6 Å². The number of rotatable bonds is 16. The first-order valence-electron chi connectivity index (χ1n) is 22.6. The highest BCUT2D eigenvalue weighted by Gasteiger charge is 2.61. The number of carbonyl (C=O) groups excluding carboxylic acids is 10. The molecule has 0 bridgehead atoms. The predicted octanol–water partition coefficient (Wildman–Crippen LogP) is -0.886. The average molecular weight is 1030 g/mol. The number of fused-ring (bicyclic) bond motifs is 2. The Hall–Kier alpha value is -6.78. The molecule has 0 saturated carbocycles. The Labute approximate surface area is 414 Å². The van der Waals surface area contributed by atoms with Crippen LogP contribution >= 0.6 is 0 Å². The molecule has 26 nitrogen and oxygen atoms in total. The summed E-state index contributed by atoms with van der Waals surface area (Å²) >= 11 is 0. The van der Waals surface area contributed by atoms with E-state index < -0.39 is 171 Å². The standard InChI is InChI=1S/C47H52N2O24/c1-19(50)63-17-30-36(66-21(3)52)38(68-23(5)54)32(48-41(58)25-12-8-9-13-26(25)42(48)59)45(71-30)65-16-29-34(56)35(57)40(47(62-7)70-29)73-46-33(49-43(60)27-14-10-11-15-28(27)44(49)61)39(69-24(6)55)37(67-22(4)53)31(72-46)18-64-20(2)51/h8-15,29-40,45-47,56-57H,16-18H2,1-7H3/t29-,30-,31-,32?,33?,34+,35+,36-,37-,38-,39-,40-,45-,46+,47-/m1/s1. The summed E-state index contributed by atoms with van der Waals surface area (Å²) < 4.78 is 69.3. The van der Waals surface area contributed by atoms with Crippen LogP contribution in [-0.4, -0.2) is 198 Å². The van der Waals surface area contributed by atoms with Crippen LogP contribution in [0, 0.1) is 0 Å². The second-order valence-corrected chi connectivity index (χ2v) is 17.2. The van der Waals surface area contributed by atoms with E-state index in [1.165, 1.54) is 48.5 Å². The summed E-state index contributed by atoms with van der Waals surface area (Å²) in [5.74, 6) is -9.06. The van der Waals surface area contributed by atoms with Crippen LogP contribution in [0.2, 0.25) is 0 Å². The number of esters is 6. The molecule has 5 heterocycles. The van der Waals surface area contributed by atoms with Gasteiger partial charge in [0.15, 0.2) is 43.3 Å². The van der Waals surface area contributed by atoms with Gasteiger partial charge in [-0.15, -0.1) is 0 Å². The van der Waals surface area contributed by atoms with Crippen LogP contribution in [0.3, 0.4) is 0 Å². The molecule has 15 atom stereocenters. The van der Waals surface area contributed by atoms with Gasteiger partial charge in [0.1, 0.15) is 61.9 Å². The van der Waals surface area contributed by atoms with Crippen molar-refractivity contribution in [3.8, 4) is 0 Å². The van der Waals surface area contributed by atoms with E-state index in [1.54, 1.807) is 0 Å². The maximum atomic E-state index is 14.1. The quantitative estimate of drug-likeness (QED) is 0.117. The second kappa shape index (κ2) is 22.5. The normalized spacial score (nSPS) is 31.8. The molecule has 5 aliphatic rings. The Bertz CT molecular complexity index is 2440. The topological polar surface area (TPSA) is 328 Å². The van der Waals surface area contributed by atoms with E-state index in [0.29, 0.717) is 9.80 Å². The molecule has 2 unspecified atom stereocenters. The molecule has 0 aromatic heterocycles. The van der Waals surface area contributed by atoms with Crippen molar-refractivity contribution in [2.75, 3.05) is 26.9 Å². The Morgan fingerprint density at radius 2 is 0.822 bits per heavy atom. The smallest absolute Gasteiger partial charge is 0.303 e. The summed E-state index contributed by atoms with van der Waals surface area (Å²) in [5, 5.41) is 23.7. The van der Waals surface area contributed by atoms with E-state index in [-0.39, 0.29) is 22.3 Å². The third-order valence-electron chi connectivity index (χ3n) is 12.2. The monoisotopic (exact) mass is 1030 g/mol. The van der Waals surface area contributed by atoms with Crippen molar-refractivity contribution in [3.05, 3.63) is 70.8 Å². The third kappa shape index (κ3) is 11.2. The van der Waals surface area contributed by atoms with Crippen LogP contribution in [0.5, 0.6) is 0 Å². The number of imide groups is 2. The molecule has 0 aliphatic carbocycles. The minimum Gasteiger partial charge on any atom is -0.463 e. The van der Waals surface area contributed by atoms with Gasteiger partial charge in [0.05, 0.1) is 28.9 Å². The molecule has 394 valence electrons. The zero-order valence-electron chi connectivity index (χ0n) is 40.2. The number of hydrogen-bond donors (Lipinski definition) is 2. The predicted molar refractivity (Wildman–Crippen MR) is 233 cm³/mol. The highest BCUT2D eigenvalue weighted by molar-refractivity contribution is 6.22. The van der Waals surface area contributed by atoms with Gasteiger partial charge in [-0.05, 0) is 24.3 Å². The lowest BCUT2D eigenvalue weighted by molar-refractivity contribution is -0.361. The van der Waals surface area contributed by atoms with Crippen LogP contribution in [-0.2, 0) is 85.6 Å². The lowest BCUT2D eigenvalue weighted by Gasteiger charge is -2.50. The van der Waals surface area contributed by atoms with Crippen molar-refractivity contribution < 1.29 is 115 Å². The summed E-state index contributed by atoms with van der Waals surface area (Å²) in [5.41, 5.74) is -0.237. The van der Waals surface area contributed by atoms with Crippen molar-refractivity contribution in [2.24, 2.45) is 0 Å². The fourth-order valence-corrected chi connectivity index (χ4v) is 9.24. The highest BCUT2D eigenvalue weighted by atomic mass is 16.8. The maximum absolute atomic E-state index is 14.1. The lowest BCUT2D eigenvalue weighted by atomic mass is 9.94. The molecule has 73 heavy (non-hydrogen) atoms. The van der Waals surface area contributed by atoms with Crippen molar-refractivity contribution >= 4 is 59.4 Å². The van der Waals surface area contributed by atoms with Crippen LogP contribution in [0.1, 0.15) is 83.0 Å². The molecular formula is C47H52N2O24. The molecule has 5 aliphatic heterocycles. The molecule has 3 saturated heterocycles. The zero-order chi connectivity index (χ0) is 53.2. The van der Waals surface area contributed by atoms with E-state index in [9.17, 15) is 58.2 Å². The molecule has 2 aromatic carbocycles. The number of methoxy groups -OCH3 is 1. The molecule has 0 radical (unpaired) electrons. The number of hydrogen-bond acceptors (Lipinski definition) is 24. The average Bonchev–Trinajstić information content (AvgIpc) is 3.73. The number of ether oxygens (including phenoxy) is 12. The molecule has 26 heteroatoms. The fraction of sp³-hybridized carbons (Fsp3) is 0.532. The summed E-state index contributed by atoms with van der Waals surface area (Å²) in [6, 6.07) is 7.82. The van der Waals surface area contributed by atoms with Crippen molar-refractivity contribution in [3.63, 3.8) is 0 Å². The van der Waals surface area contributed by atoms with Gasteiger partial charge in [-0.25, -0.2) is 0 Å². The summed E-state index contributed by atoms with van der Waals surface area (Å²) in [7, 11) is 1.11. The van der Waals surface area contributed by atoms with E-state index in [4.69, 9.17) is 56.8 Å². The summed E-state index contributed by atoms with van der Waals surface area (Å²) in [6.45, 7) is 4.04. The van der Waals surface area contributed by atoms with Crippen molar-refractivity contribution in [2.45, 2.75) is 134 Å². The first-order valence-corrected chi connectivity index (χ1v) is 22.6. The van der Waals surface area contributed by atoms with Crippen LogP contribution in [0.25, 0.3) is 0 Å². The van der Waals surface area contributed by atoms with Gasteiger partial charge in [0, 0.05) is 48.7 Å². The van der Waals surface area contributed by atoms with E-state index >= 15 is 0 Å². The van der Waals surface area contributed by atoms with Gasteiger partial charge < -0.3 is 67.1 Å². The Balaban J connectivity index is 1.21. The first kappa shape index (κ1) is 54.0.